The molecule has 6 nitrogen and oxygen atoms in total. The Morgan fingerprint density at radius 1 is 1.36 bits per heavy atom. The molecule has 0 aromatic heterocycles. The summed E-state index contributed by atoms with van der Waals surface area (Å²) in [6.07, 6.45) is -1.58. The van der Waals surface area contributed by atoms with Crippen LogP contribution in [0.5, 0.6) is 0 Å². The first-order valence-corrected chi connectivity index (χ1v) is 4.27. The summed E-state index contributed by atoms with van der Waals surface area (Å²) in [6.45, 7) is 2.73. The molecule has 0 aliphatic carbocycles. The smallest absolute Gasteiger partial charge is 0.240 e. The van der Waals surface area contributed by atoms with Gasteiger partial charge in [0.1, 0.15) is 18.4 Å². The van der Waals surface area contributed by atoms with E-state index in [2.05, 4.69) is 5.32 Å². The molecule has 0 heterocycles. The van der Waals surface area contributed by atoms with Gasteiger partial charge >= 0.3 is 0 Å². The lowest BCUT2D eigenvalue weighted by Crippen LogP contribution is -2.53. The highest BCUT2D eigenvalue weighted by Gasteiger charge is 2.23. The number of nitrogens with two attached hydrogens (primary N) is 1. The number of nitrogens with one attached hydrogen (secondary N) is 1. The van der Waals surface area contributed by atoms with E-state index < -0.39 is 30.2 Å². The normalized spacial score (nSPS) is 19.2. The Bertz CT molecular complexity index is 206. The minimum Gasteiger partial charge on any atom is -0.391 e. The molecule has 0 saturated carbocycles. The molecule has 6 heteroatoms. The molecule has 0 spiro atoms. The quantitative estimate of drug-likeness (QED) is 0.378. The van der Waals surface area contributed by atoms with Crippen LogP contribution in [0.4, 0.5) is 0 Å². The van der Waals surface area contributed by atoms with Gasteiger partial charge < -0.3 is 26.1 Å². The van der Waals surface area contributed by atoms with E-state index in [-0.39, 0.29) is 0 Å². The predicted molar refractivity (Wildman–Crippen MR) is 49.3 cm³/mol. The number of carbonyl (C=O) groups is 2. The van der Waals surface area contributed by atoms with Gasteiger partial charge in [0.25, 0.3) is 0 Å². The van der Waals surface area contributed by atoms with Crippen LogP contribution in [0.3, 0.4) is 0 Å². The number of carbonyl (C=O) groups excluding carboxylic acids is 2. The summed E-state index contributed by atoms with van der Waals surface area (Å²) < 4.78 is 0. The fourth-order valence-electron chi connectivity index (χ4n) is 0.748. The Hall–Kier alpha value is -0.980. The van der Waals surface area contributed by atoms with Gasteiger partial charge in [-0.15, -0.1) is 0 Å². The molecular weight excluding hydrogens is 188 g/mol. The van der Waals surface area contributed by atoms with Gasteiger partial charge in [0.2, 0.25) is 5.91 Å². The molecule has 0 aliphatic rings. The Balaban J connectivity index is 4.22. The van der Waals surface area contributed by atoms with Crippen LogP contribution < -0.4 is 11.1 Å². The predicted octanol–water partition coefficient (Wildman–Crippen LogP) is -2.24. The third-order valence-corrected chi connectivity index (χ3v) is 1.80. The van der Waals surface area contributed by atoms with Gasteiger partial charge in [-0.1, -0.05) is 0 Å². The first-order chi connectivity index (χ1) is 6.40. The molecule has 0 saturated heterocycles. The van der Waals surface area contributed by atoms with Gasteiger partial charge in [-0.05, 0) is 13.8 Å². The number of amides is 1. The van der Waals surface area contributed by atoms with Gasteiger partial charge in [0.05, 0.1) is 12.2 Å². The van der Waals surface area contributed by atoms with Gasteiger partial charge in [0, 0.05) is 0 Å². The van der Waals surface area contributed by atoms with Crippen molar-refractivity contribution in [2.45, 2.75) is 38.1 Å². The monoisotopic (exact) mass is 204 g/mol. The molecule has 5 N–H and O–H groups in total. The van der Waals surface area contributed by atoms with Crippen molar-refractivity contribution in [3.8, 4) is 0 Å². The third-order valence-electron chi connectivity index (χ3n) is 1.80. The second-order valence-corrected chi connectivity index (χ2v) is 3.18. The van der Waals surface area contributed by atoms with Crippen LogP contribution in [0.2, 0.25) is 0 Å². The highest BCUT2D eigenvalue weighted by molar-refractivity contribution is 5.84. The standard InChI is InChI=1S/C8H16N2O4/c1-4(12)6(3-11)10-8(14)7(9)5(2)13/h3-7,12-13H,9H2,1-2H3,(H,10,14). The van der Waals surface area contributed by atoms with Crippen LogP contribution in [0, 0.1) is 0 Å². The molecule has 0 radical (unpaired) electrons. The maximum atomic E-state index is 11.2. The van der Waals surface area contributed by atoms with Crippen molar-refractivity contribution in [2.75, 3.05) is 0 Å². The van der Waals surface area contributed by atoms with Crippen LogP contribution in [0.15, 0.2) is 0 Å². The number of aliphatic hydroxyl groups excluding tert-OH is 2. The largest absolute Gasteiger partial charge is 0.391 e. The van der Waals surface area contributed by atoms with Gasteiger partial charge in [-0.3, -0.25) is 4.79 Å². The summed E-state index contributed by atoms with van der Waals surface area (Å²) in [7, 11) is 0. The summed E-state index contributed by atoms with van der Waals surface area (Å²) in [6, 6.07) is -2.09. The minimum absolute atomic E-state index is 0.414. The molecule has 0 aliphatic heterocycles. The van der Waals surface area contributed by atoms with Crippen molar-refractivity contribution in [1.29, 1.82) is 0 Å². The molecule has 14 heavy (non-hydrogen) atoms. The van der Waals surface area contributed by atoms with E-state index >= 15 is 0 Å². The molecule has 4 atom stereocenters. The summed E-state index contributed by atoms with van der Waals surface area (Å²) in [5.41, 5.74) is 5.30. The van der Waals surface area contributed by atoms with E-state index in [1.807, 2.05) is 0 Å². The lowest BCUT2D eigenvalue weighted by Gasteiger charge is -2.19. The van der Waals surface area contributed by atoms with Gasteiger partial charge in [-0.2, -0.15) is 0 Å². The van der Waals surface area contributed by atoms with Gasteiger partial charge in [-0.25, -0.2) is 0 Å². The average Bonchev–Trinajstić information content (AvgIpc) is 2.11. The Kier molecular flexibility index (Phi) is 5.29. The summed E-state index contributed by atoms with van der Waals surface area (Å²) >= 11 is 0. The van der Waals surface area contributed by atoms with E-state index in [1.54, 1.807) is 0 Å². The fourth-order valence-corrected chi connectivity index (χ4v) is 0.748. The van der Waals surface area contributed by atoms with E-state index in [1.165, 1.54) is 13.8 Å². The zero-order valence-electron chi connectivity index (χ0n) is 8.18. The maximum Gasteiger partial charge on any atom is 0.240 e. The van der Waals surface area contributed by atoms with Crippen molar-refractivity contribution in [2.24, 2.45) is 5.73 Å². The molecule has 1 amide bonds. The zero-order valence-corrected chi connectivity index (χ0v) is 8.18. The number of rotatable bonds is 5. The van der Waals surface area contributed by atoms with Crippen LogP contribution in [0.25, 0.3) is 0 Å². The number of aliphatic hydroxyl groups is 2. The lowest BCUT2D eigenvalue weighted by molar-refractivity contribution is -0.128. The molecular formula is C8H16N2O4. The first kappa shape index (κ1) is 13.0. The van der Waals surface area contributed by atoms with Gasteiger partial charge in [0.15, 0.2) is 0 Å². The molecule has 0 rings (SSSR count). The molecule has 0 bridgehead atoms. The Morgan fingerprint density at radius 2 is 1.86 bits per heavy atom. The van der Waals surface area contributed by atoms with Crippen molar-refractivity contribution >= 4 is 12.2 Å². The van der Waals surface area contributed by atoms with Crippen LogP contribution in [0.1, 0.15) is 13.8 Å². The topological polar surface area (TPSA) is 113 Å². The van der Waals surface area contributed by atoms with E-state index in [0.29, 0.717) is 6.29 Å². The van der Waals surface area contributed by atoms with Crippen LogP contribution in [-0.4, -0.2) is 46.7 Å². The van der Waals surface area contributed by atoms with Crippen molar-refractivity contribution in [3.05, 3.63) is 0 Å². The summed E-state index contributed by atoms with van der Waals surface area (Å²) in [4.78, 5) is 21.6. The van der Waals surface area contributed by atoms with Crippen LogP contribution >= 0.6 is 0 Å². The molecule has 82 valence electrons. The number of hydrogen-bond donors (Lipinski definition) is 4. The van der Waals surface area contributed by atoms with E-state index in [4.69, 9.17) is 15.9 Å². The number of hydrogen-bond acceptors (Lipinski definition) is 5. The SMILES string of the molecule is CC(O)C(C=O)NC(=O)C(N)C(C)O. The highest BCUT2D eigenvalue weighted by Crippen LogP contribution is 1.93. The minimum atomic E-state index is -1.10. The zero-order chi connectivity index (χ0) is 11.3. The Morgan fingerprint density at radius 3 is 2.14 bits per heavy atom. The van der Waals surface area contributed by atoms with Crippen molar-refractivity contribution < 1.29 is 19.8 Å². The highest BCUT2D eigenvalue weighted by atomic mass is 16.3. The fraction of sp³-hybridized carbons (Fsp3) is 0.750. The molecule has 0 aromatic carbocycles. The average molecular weight is 204 g/mol. The Labute approximate surface area is 82.1 Å². The molecule has 0 fully saturated rings. The first-order valence-electron chi connectivity index (χ1n) is 4.27. The van der Waals surface area contributed by atoms with Crippen LogP contribution in [-0.2, 0) is 9.59 Å². The maximum absolute atomic E-state index is 11.2. The van der Waals surface area contributed by atoms with E-state index in [9.17, 15) is 9.59 Å². The second-order valence-electron chi connectivity index (χ2n) is 3.18. The summed E-state index contributed by atoms with van der Waals surface area (Å²) in [5, 5.41) is 20.2. The lowest BCUT2D eigenvalue weighted by atomic mass is 10.1. The molecule has 0 aromatic rings. The van der Waals surface area contributed by atoms with Crippen molar-refractivity contribution in [1.82, 2.24) is 5.32 Å². The molecule has 4 unspecified atom stereocenters. The van der Waals surface area contributed by atoms with Crippen molar-refractivity contribution in [3.63, 3.8) is 0 Å². The third kappa shape index (κ3) is 3.82. The second kappa shape index (κ2) is 5.69. The summed E-state index contributed by atoms with van der Waals surface area (Å²) in [5.74, 6) is -0.669. The van der Waals surface area contributed by atoms with E-state index in [0.717, 1.165) is 0 Å². The number of aldehydes is 1.